The van der Waals surface area contributed by atoms with Gasteiger partial charge in [-0.1, -0.05) is 12.1 Å². The van der Waals surface area contributed by atoms with E-state index in [-0.39, 0.29) is 17.8 Å². The predicted molar refractivity (Wildman–Crippen MR) is 84.9 cm³/mol. The molecule has 1 aliphatic heterocycles. The Morgan fingerprint density at radius 2 is 2.00 bits per heavy atom. The van der Waals surface area contributed by atoms with Crippen LogP contribution in [0, 0.1) is 0 Å². The van der Waals surface area contributed by atoms with Crippen molar-refractivity contribution in [1.82, 2.24) is 9.80 Å². The minimum Gasteiger partial charge on any atom is -0.465 e. The Labute approximate surface area is 131 Å². The molecule has 1 heterocycles. The van der Waals surface area contributed by atoms with Crippen LogP contribution in [0.1, 0.15) is 34.7 Å². The summed E-state index contributed by atoms with van der Waals surface area (Å²) in [5, 5.41) is 0. The van der Waals surface area contributed by atoms with Gasteiger partial charge < -0.3 is 14.5 Å². The molecule has 0 radical (unpaired) electrons. The lowest BCUT2D eigenvalue weighted by Crippen LogP contribution is -2.43. The van der Waals surface area contributed by atoms with Crippen molar-refractivity contribution in [1.29, 1.82) is 0 Å². The minimum absolute atomic E-state index is 0.0948. The molecule has 0 aromatic heterocycles. The molecule has 1 saturated heterocycles. The van der Waals surface area contributed by atoms with Gasteiger partial charge >= 0.3 is 5.97 Å². The molecule has 120 valence electrons. The maximum absolute atomic E-state index is 12.6. The topological polar surface area (TPSA) is 49.9 Å². The number of likely N-dealkylation sites (N-methyl/N-ethyl adjacent to an activating group) is 1. The first-order valence-electron chi connectivity index (χ1n) is 7.64. The molecule has 0 saturated carbocycles. The van der Waals surface area contributed by atoms with Crippen molar-refractivity contribution >= 4 is 11.9 Å². The van der Waals surface area contributed by atoms with Crippen LogP contribution in [0.15, 0.2) is 24.3 Å². The van der Waals surface area contributed by atoms with Gasteiger partial charge in [0.2, 0.25) is 5.91 Å². The molecule has 0 spiro atoms. The van der Waals surface area contributed by atoms with E-state index in [0.717, 1.165) is 38.0 Å². The van der Waals surface area contributed by atoms with Crippen LogP contribution in [0.3, 0.4) is 0 Å². The van der Waals surface area contributed by atoms with Crippen LogP contribution < -0.4 is 0 Å². The molecule has 5 heteroatoms. The number of likely N-dealkylation sites (tertiary alicyclic amines) is 1. The number of ether oxygens (including phenoxy) is 1. The Morgan fingerprint density at radius 1 is 1.32 bits per heavy atom. The Kier molecular flexibility index (Phi) is 5.55. The van der Waals surface area contributed by atoms with E-state index >= 15 is 0 Å². The summed E-state index contributed by atoms with van der Waals surface area (Å²) in [6, 6.07) is 7.19. The van der Waals surface area contributed by atoms with E-state index in [9.17, 15) is 9.59 Å². The number of carbonyl (C=O) groups excluding carboxylic acids is 2. The summed E-state index contributed by atoms with van der Waals surface area (Å²) >= 11 is 0. The van der Waals surface area contributed by atoms with Crippen molar-refractivity contribution < 1.29 is 14.3 Å². The number of piperidine rings is 1. The lowest BCUT2D eigenvalue weighted by molar-refractivity contribution is -0.135. The number of rotatable bonds is 5. The van der Waals surface area contributed by atoms with Crippen molar-refractivity contribution in [2.45, 2.75) is 18.8 Å². The number of hydrogen-bond donors (Lipinski definition) is 0. The minimum atomic E-state index is -0.353. The van der Waals surface area contributed by atoms with Crippen molar-refractivity contribution in [3.63, 3.8) is 0 Å². The number of nitrogens with zero attached hydrogens (tertiary/aromatic N) is 2. The summed E-state index contributed by atoms with van der Waals surface area (Å²) in [5.41, 5.74) is 1.49. The highest BCUT2D eigenvalue weighted by Gasteiger charge is 2.29. The zero-order valence-corrected chi connectivity index (χ0v) is 13.5. The summed E-state index contributed by atoms with van der Waals surface area (Å²) in [7, 11) is 5.39. The second-order valence-electron chi connectivity index (χ2n) is 5.94. The van der Waals surface area contributed by atoms with Gasteiger partial charge in [-0.05, 0) is 44.6 Å². The fourth-order valence-electron chi connectivity index (χ4n) is 2.76. The van der Waals surface area contributed by atoms with Gasteiger partial charge in [-0.25, -0.2) is 4.79 Å². The lowest BCUT2D eigenvalue weighted by atomic mass is 9.89. The van der Waals surface area contributed by atoms with Gasteiger partial charge in [-0.2, -0.15) is 0 Å². The smallest absolute Gasteiger partial charge is 0.337 e. The van der Waals surface area contributed by atoms with Crippen LogP contribution in [0.2, 0.25) is 0 Å². The molecule has 1 unspecified atom stereocenters. The molecule has 0 aliphatic carbocycles. The fourth-order valence-corrected chi connectivity index (χ4v) is 2.76. The van der Waals surface area contributed by atoms with Crippen molar-refractivity contribution in [3.05, 3.63) is 35.4 Å². The van der Waals surface area contributed by atoms with Gasteiger partial charge in [0, 0.05) is 19.6 Å². The van der Waals surface area contributed by atoms with Crippen LogP contribution in [0.5, 0.6) is 0 Å². The first-order chi connectivity index (χ1) is 10.5. The highest BCUT2D eigenvalue weighted by molar-refractivity contribution is 5.90. The maximum atomic E-state index is 12.6. The van der Waals surface area contributed by atoms with Gasteiger partial charge in [0.25, 0.3) is 0 Å². The van der Waals surface area contributed by atoms with Gasteiger partial charge in [0.05, 0.1) is 18.6 Å². The van der Waals surface area contributed by atoms with Gasteiger partial charge in [0.15, 0.2) is 0 Å². The number of methoxy groups -OCH3 is 1. The monoisotopic (exact) mass is 304 g/mol. The zero-order chi connectivity index (χ0) is 16.1. The van der Waals surface area contributed by atoms with E-state index in [1.165, 1.54) is 7.11 Å². The Balaban J connectivity index is 2.07. The average molecular weight is 304 g/mol. The summed E-state index contributed by atoms with van der Waals surface area (Å²) in [5.74, 6) is -0.254. The van der Waals surface area contributed by atoms with Crippen molar-refractivity contribution in [3.8, 4) is 0 Å². The molecule has 1 atom stereocenters. The third-order valence-corrected chi connectivity index (χ3v) is 4.08. The number of amides is 1. The molecule has 2 rings (SSSR count). The van der Waals surface area contributed by atoms with Crippen LogP contribution in [0.25, 0.3) is 0 Å². The zero-order valence-electron chi connectivity index (χ0n) is 13.5. The van der Waals surface area contributed by atoms with E-state index < -0.39 is 0 Å². The second-order valence-corrected chi connectivity index (χ2v) is 5.94. The first kappa shape index (κ1) is 16.5. The highest BCUT2D eigenvalue weighted by Crippen LogP contribution is 2.28. The standard InChI is InChI=1S/C17H24N2O3/c1-18(2)11-12-19-10-4-5-15(16(19)20)13-6-8-14(9-7-13)17(21)22-3/h6-9,15H,4-5,10-12H2,1-3H3. The van der Waals surface area contributed by atoms with Crippen LogP contribution in [-0.4, -0.2) is 62.5 Å². The second kappa shape index (κ2) is 7.40. The van der Waals surface area contributed by atoms with E-state index in [1.54, 1.807) is 12.1 Å². The Bertz CT molecular complexity index is 525. The van der Waals surface area contributed by atoms with Crippen molar-refractivity contribution in [2.75, 3.05) is 40.8 Å². The third-order valence-electron chi connectivity index (χ3n) is 4.08. The van der Waals surface area contributed by atoms with E-state index in [4.69, 9.17) is 4.74 Å². The van der Waals surface area contributed by atoms with Gasteiger partial charge in [-0.3, -0.25) is 4.79 Å². The van der Waals surface area contributed by atoms with Crippen molar-refractivity contribution in [2.24, 2.45) is 0 Å². The molecule has 22 heavy (non-hydrogen) atoms. The molecule has 0 N–H and O–H groups in total. The number of carbonyl (C=O) groups is 2. The molecular formula is C17H24N2O3. The molecule has 1 aliphatic rings. The normalized spacial score (nSPS) is 18.6. The predicted octanol–water partition coefficient (Wildman–Crippen LogP) is 1.74. The molecular weight excluding hydrogens is 280 g/mol. The van der Waals surface area contributed by atoms with Gasteiger partial charge in [0.1, 0.15) is 0 Å². The molecule has 1 amide bonds. The summed E-state index contributed by atoms with van der Waals surface area (Å²) < 4.78 is 4.70. The average Bonchev–Trinajstić information content (AvgIpc) is 2.53. The summed E-state index contributed by atoms with van der Waals surface area (Å²) in [4.78, 5) is 28.1. The molecule has 1 aromatic rings. The largest absolute Gasteiger partial charge is 0.465 e. The molecule has 5 nitrogen and oxygen atoms in total. The van der Waals surface area contributed by atoms with E-state index in [1.807, 2.05) is 31.1 Å². The lowest BCUT2D eigenvalue weighted by Gasteiger charge is -2.33. The Morgan fingerprint density at radius 3 is 2.59 bits per heavy atom. The third kappa shape index (κ3) is 3.85. The van der Waals surface area contributed by atoms with Gasteiger partial charge in [-0.15, -0.1) is 0 Å². The molecule has 0 bridgehead atoms. The quantitative estimate of drug-likeness (QED) is 0.778. The SMILES string of the molecule is COC(=O)c1ccc(C2CCCN(CCN(C)C)C2=O)cc1. The summed E-state index contributed by atoms with van der Waals surface area (Å²) in [6.45, 7) is 2.48. The fraction of sp³-hybridized carbons (Fsp3) is 0.529. The van der Waals surface area contributed by atoms with E-state index in [0.29, 0.717) is 5.56 Å². The first-order valence-corrected chi connectivity index (χ1v) is 7.64. The molecule has 1 aromatic carbocycles. The highest BCUT2D eigenvalue weighted by atomic mass is 16.5. The Hall–Kier alpha value is -1.88. The molecule has 1 fully saturated rings. The number of esters is 1. The number of hydrogen-bond acceptors (Lipinski definition) is 4. The summed E-state index contributed by atoms with van der Waals surface area (Å²) in [6.07, 6.45) is 1.89. The maximum Gasteiger partial charge on any atom is 0.337 e. The van der Waals surface area contributed by atoms with E-state index in [2.05, 4.69) is 4.90 Å². The van der Waals surface area contributed by atoms with Crippen LogP contribution in [-0.2, 0) is 9.53 Å². The number of benzene rings is 1. The van der Waals surface area contributed by atoms with Crippen LogP contribution >= 0.6 is 0 Å². The van der Waals surface area contributed by atoms with Crippen LogP contribution in [0.4, 0.5) is 0 Å².